The van der Waals surface area contributed by atoms with Gasteiger partial charge >= 0.3 is 0 Å². The van der Waals surface area contributed by atoms with Gasteiger partial charge in [0.15, 0.2) is 0 Å². The molecule has 1 saturated carbocycles. The maximum atomic E-state index is 13.6. The Labute approximate surface area is 88.3 Å². The first kappa shape index (κ1) is 10.6. The first-order chi connectivity index (χ1) is 7.15. The molecule has 0 amide bonds. The second-order valence-electron chi connectivity index (χ2n) is 4.11. The lowest BCUT2D eigenvalue weighted by Gasteiger charge is -2.21. The van der Waals surface area contributed by atoms with E-state index in [9.17, 15) is 8.78 Å². The Kier molecular flexibility index (Phi) is 2.74. The number of nitrogens with two attached hydrogens (primary N) is 1. The molecular formula is C12H15F2N. The first-order valence-electron chi connectivity index (χ1n) is 5.31. The molecule has 0 heterocycles. The van der Waals surface area contributed by atoms with E-state index in [2.05, 4.69) is 0 Å². The van der Waals surface area contributed by atoms with E-state index < -0.39 is 11.8 Å². The summed E-state index contributed by atoms with van der Waals surface area (Å²) in [5.41, 5.74) is 7.15. The number of alkyl halides is 2. The van der Waals surface area contributed by atoms with E-state index in [0.717, 1.165) is 11.1 Å². The highest BCUT2D eigenvalue weighted by Gasteiger charge is 2.44. The highest BCUT2D eigenvalue weighted by molar-refractivity contribution is 5.32. The van der Waals surface area contributed by atoms with Crippen molar-refractivity contribution >= 4 is 0 Å². The van der Waals surface area contributed by atoms with Gasteiger partial charge in [-0.2, -0.15) is 0 Å². The molecule has 1 fully saturated rings. The average molecular weight is 211 g/mol. The molecule has 2 rings (SSSR count). The number of benzene rings is 1. The number of hydrogen-bond acceptors (Lipinski definition) is 1. The van der Waals surface area contributed by atoms with E-state index in [1.165, 1.54) is 0 Å². The van der Waals surface area contributed by atoms with E-state index in [1.54, 1.807) is 6.07 Å². The predicted octanol–water partition coefficient (Wildman–Crippen LogP) is 3.05. The van der Waals surface area contributed by atoms with Crippen LogP contribution in [0.2, 0.25) is 0 Å². The third-order valence-electron chi connectivity index (χ3n) is 3.16. The zero-order valence-corrected chi connectivity index (χ0v) is 8.55. The van der Waals surface area contributed by atoms with Gasteiger partial charge in [0.25, 0.3) is 5.92 Å². The molecule has 0 radical (unpaired) electrons. The standard InChI is InChI=1S/C12H15F2N/c13-12(14)7-3-6-11(12)10-5-2-1-4-9(10)8-15/h1-2,4-5,11H,3,6-8,15H2. The molecule has 0 aromatic heterocycles. The van der Waals surface area contributed by atoms with Crippen molar-refractivity contribution in [1.82, 2.24) is 0 Å². The van der Waals surface area contributed by atoms with E-state index in [0.29, 0.717) is 19.4 Å². The van der Waals surface area contributed by atoms with Crippen molar-refractivity contribution in [1.29, 1.82) is 0 Å². The summed E-state index contributed by atoms with van der Waals surface area (Å²) in [7, 11) is 0. The fraction of sp³-hybridized carbons (Fsp3) is 0.500. The lowest BCUT2D eigenvalue weighted by molar-refractivity contribution is -0.00917. The minimum Gasteiger partial charge on any atom is -0.326 e. The molecule has 2 N–H and O–H groups in total. The van der Waals surface area contributed by atoms with E-state index >= 15 is 0 Å². The Hall–Kier alpha value is -0.960. The fourth-order valence-electron chi connectivity index (χ4n) is 2.37. The highest BCUT2D eigenvalue weighted by Crippen LogP contribution is 2.47. The number of rotatable bonds is 2. The largest absolute Gasteiger partial charge is 0.326 e. The molecule has 15 heavy (non-hydrogen) atoms. The Morgan fingerprint density at radius 2 is 2.07 bits per heavy atom. The minimum absolute atomic E-state index is 0.0105. The van der Waals surface area contributed by atoms with Crippen molar-refractivity contribution in [3.63, 3.8) is 0 Å². The van der Waals surface area contributed by atoms with Crippen LogP contribution in [0.25, 0.3) is 0 Å². The summed E-state index contributed by atoms with van der Waals surface area (Å²) in [5, 5.41) is 0. The molecule has 0 spiro atoms. The van der Waals surface area contributed by atoms with Crippen LogP contribution >= 0.6 is 0 Å². The van der Waals surface area contributed by atoms with Crippen LogP contribution in [0, 0.1) is 0 Å². The summed E-state index contributed by atoms with van der Waals surface area (Å²) in [4.78, 5) is 0. The SMILES string of the molecule is NCc1ccccc1C1CCCC1(F)F. The van der Waals surface area contributed by atoms with E-state index in [4.69, 9.17) is 5.73 Å². The smallest absolute Gasteiger partial charge is 0.254 e. The monoisotopic (exact) mass is 211 g/mol. The van der Waals surface area contributed by atoms with Gasteiger partial charge in [-0.1, -0.05) is 24.3 Å². The topological polar surface area (TPSA) is 26.0 Å². The molecule has 0 aliphatic heterocycles. The number of halogens is 2. The van der Waals surface area contributed by atoms with Crippen LogP contribution in [0.15, 0.2) is 24.3 Å². The van der Waals surface area contributed by atoms with Gasteiger partial charge in [0.1, 0.15) is 0 Å². The average Bonchev–Trinajstić information content (AvgIpc) is 2.58. The fourth-order valence-corrected chi connectivity index (χ4v) is 2.37. The van der Waals surface area contributed by atoms with Crippen molar-refractivity contribution in [2.75, 3.05) is 0 Å². The summed E-state index contributed by atoms with van der Waals surface area (Å²) in [6.07, 6.45) is 1.19. The van der Waals surface area contributed by atoms with Gasteiger partial charge in [-0.15, -0.1) is 0 Å². The molecule has 0 saturated heterocycles. The van der Waals surface area contributed by atoms with E-state index in [-0.39, 0.29) is 6.42 Å². The molecule has 1 aliphatic rings. The quantitative estimate of drug-likeness (QED) is 0.799. The van der Waals surface area contributed by atoms with Crippen LogP contribution in [0.1, 0.15) is 36.3 Å². The van der Waals surface area contributed by atoms with Crippen LogP contribution in [-0.2, 0) is 6.54 Å². The predicted molar refractivity (Wildman–Crippen MR) is 55.9 cm³/mol. The summed E-state index contributed by atoms with van der Waals surface area (Å²) in [6, 6.07) is 7.28. The van der Waals surface area contributed by atoms with Gasteiger partial charge in [0, 0.05) is 18.9 Å². The van der Waals surface area contributed by atoms with Crippen LogP contribution in [0.4, 0.5) is 8.78 Å². The van der Waals surface area contributed by atoms with E-state index in [1.807, 2.05) is 18.2 Å². The van der Waals surface area contributed by atoms with Crippen molar-refractivity contribution in [3.05, 3.63) is 35.4 Å². The second-order valence-corrected chi connectivity index (χ2v) is 4.11. The highest BCUT2D eigenvalue weighted by atomic mass is 19.3. The van der Waals surface area contributed by atoms with Gasteiger partial charge in [-0.05, 0) is 24.0 Å². The second kappa shape index (κ2) is 3.89. The lowest BCUT2D eigenvalue weighted by Crippen LogP contribution is -2.21. The van der Waals surface area contributed by atoms with Crippen LogP contribution < -0.4 is 5.73 Å². The molecule has 1 unspecified atom stereocenters. The summed E-state index contributed by atoms with van der Waals surface area (Å²) < 4.78 is 27.1. The van der Waals surface area contributed by atoms with Crippen LogP contribution in [-0.4, -0.2) is 5.92 Å². The van der Waals surface area contributed by atoms with Crippen LogP contribution in [0.3, 0.4) is 0 Å². The van der Waals surface area contributed by atoms with Gasteiger partial charge in [-0.3, -0.25) is 0 Å². The molecule has 3 heteroatoms. The van der Waals surface area contributed by atoms with Gasteiger partial charge in [-0.25, -0.2) is 8.78 Å². The Morgan fingerprint density at radius 1 is 1.33 bits per heavy atom. The zero-order chi connectivity index (χ0) is 10.9. The molecule has 1 aromatic carbocycles. The molecule has 1 aromatic rings. The van der Waals surface area contributed by atoms with Crippen molar-refractivity contribution in [3.8, 4) is 0 Å². The van der Waals surface area contributed by atoms with Gasteiger partial charge in [0.05, 0.1) is 0 Å². The normalized spacial score (nSPS) is 24.3. The third-order valence-corrected chi connectivity index (χ3v) is 3.16. The first-order valence-corrected chi connectivity index (χ1v) is 5.31. The zero-order valence-electron chi connectivity index (χ0n) is 8.55. The third kappa shape index (κ3) is 1.88. The summed E-state index contributed by atoms with van der Waals surface area (Å²) in [5.74, 6) is -3.18. The maximum Gasteiger partial charge on any atom is 0.254 e. The van der Waals surface area contributed by atoms with Crippen molar-refractivity contribution < 1.29 is 8.78 Å². The number of hydrogen-bond donors (Lipinski definition) is 1. The minimum atomic E-state index is -2.55. The van der Waals surface area contributed by atoms with Crippen molar-refractivity contribution in [2.24, 2.45) is 5.73 Å². The Morgan fingerprint density at radius 3 is 2.67 bits per heavy atom. The van der Waals surface area contributed by atoms with Gasteiger partial charge < -0.3 is 5.73 Å². The molecule has 0 bridgehead atoms. The lowest BCUT2D eigenvalue weighted by atomic mass is 9.91. The summed E-state index contributed by atoms with van der Waals surface area (Å²) in [6.45, 7) is 0.336. The van der Waals surface area contributed by atoms with Crippen LogP contribution in [0.5, 0.6) is 0 Å². The maximum absolute atomic E-state index is 13.6. The van der Waals surface area contributed by atoms with Crippen molar-refractivity contribution in [2.45, 2.75) is 37.6 Å². The molecule has 1 aliphatic carbocycles. The molecular weight excluding hydrogens is 196 g/mol. The summed E-state index contributed by atoms with van der Waals surface area (Å²) >= 11 is 0. The Balaban J connectivity index is 2.36. The molecule has 82 valence electrons. The van der Waals surface area contributed by atoms with Gasteiger partial charge in [0.2, 0.25) is 0 Å². The molecule has 1 atom stereocenters. The Bertz CT molecular complexity index is 349. The molecule has 1 nitrogen and oxygen atoms in total.